The maximum atomic E-state index is 12.0. The molecule has 2 aromatic rings. The van der Waals surface area contributed by atoms with Gasteiger partial charge in [0.05, 0.1) is 25.8 Å². The van der Waals surface area contributed by atoms with Gasteiger partial charge >= 0.3 is 0 Å². The first kappa shape index (κ1) is 17.4. The lowest BCUT2D eigenvalue weighted by Gasteiger charge is -2.12. The third-order valence-corrected chi connectivity index (χ3v) is 3.79. The van der Waals surface area contributed by atoms with Crippen molar-refractivity contribution < 1.29 is 14.3 Å². The molecule has 0 radical (unpaired) electrons. The summed E-state index contributed by atoms with van der Waals surface area (Å²) in [5.41, 5.74) is 1.44. The van der Waals surface area contributed by atoms with Crippen LogP contribution in [0.5, 0.6) is 11.5 Å². The second-order valence-electron chi connectivity index (χ2n) is 4.91. The fourth-order valence-electron chi connectivity index (χ4n) is 1.96. The number of hydrogen-bond acceptors (Lipinski definition) is 3. The molecule has 2 aromatic carbocycles. The standard InChI is InChI=1S/C17H17Cl2NO3/c1-11-8-15(16(22-2)10-14(11)19)20-17(21)6-7-23-13-5-3-4-12(18)9-13/h3-5,8-10H,6-7H2,1-2H3,(H,20,21). The number of anilines is 1. The minimum Gasteiger partial charge on any atom is -0.495 e. The van der Waals surface area contributed by atoms with E-state index in [0.29, 0.717) is 27.2 Å². The normalized spacial score (nSPS) is 10.3. The molecule has 0 unspecified atom stereocenters. The Balaban J connectivity index is 1.91. The largest absolute Gasteiger partial charge is 0.495 e. The maximum absolute atomic E-state index is 12.0. The van der Waals surface area contributed by atoms with Gasteiger partial charge in [0.1, 0.15) is 11.5 Å². The van der Waals surface area contributed by atoms with Crippen LogP contribution in [0.2, 0.25) is 10.0 Å². The molecular formula is C17H17Cl2NO3. The van der Waals surface area contributed by atoms with Gasteiger partial charge < -0.3 is 14.8 Å². The van der Waals surface area contributed by atoms with Crippen LogP contribution in [-0.2, 0) is 4.79 Å². The van der Waals surface area contributed by atoms with Crippen molar-refractivity contribution in [1.29, 1.82) is 0 Å². The van der Waals surface area contributed by atoms with Gasteiger partial charge in [0.2, 0.25) is 5.91 Å². The van der Waals surface area contributed by atoms with Crippen molar-refractivity contribution in [3.05, 3.63) is 52.0 Å². The molecule has 0 heterocycles. The highest BCUT2D eigenvalue weighted by Gasteiger charge is 2.10. The van der Waals surface area contributed by atoms with Crippen LogP contribution in [0.15, 0.2) is 36.4 Å². The van der Waals surface area contributed by atoms with Gasteiger partial charge in [-0.15, -0.1) is 0 Å². The predicted molar refractivity (Wildman–Crippen MR) is 92.9 cm³/mol. The Kier molecular flexibility index (Phi) is 6.13. The van der Waals surface area contributed by atoms with E-state index in [1.165, 1.54) is 7.11 Å². The van der Waals surface area contributed by atoms with E-state index in [2.05, 4.69) is 5.32 Å². The van der Waals surface area contributed by atoms with Crippen LogP contribution in [0.4, 0.5) is 5.69 Å². The van der Waals surface area contributed by atoms with Gasteiger partial charge in [0, 0.05) is 16.1 Å². The summed E-state index contributed by atoms with van der Waals surface area (Å²) in [6.45, 7) is 2.11. The van der Waals surface area contributed by atoms with Crippen molar-refractivity contribution in [3.8, 4) is 11.5 Å². The van der Waals surface area contributed by atoms with E-state index in [0.717, 1.165) is 5.56 Å². The molecule has 0 atom stereocenters. The van der Waals surface area contributed by atoms with E-state index in [9.17, 15) is 4.79 Å². The summed E-state index contributed by atoms with van der Waals surface area (Å²) in [6, 6.07) is 10.5. The lowest BCUT2D eigenvalue weighted by molar-refractivity contribution is -0.116. The molecule has 0 saturated carbocycles. The molecule has 0 fully saturated rings. The third kappa shape index (κ3) is 5.05. The average molecular weight is 354 g/mol. The molecule has 0 spiro atoms. The Bertz CT molecular complexity index is 704. The molecule has 0 bridgehead atoms. The topological polar surface area (TPSA) is 47.6 Å². The number of ether oxygens (including phenoxy) is 2. The molecule has 0 aromatic heterocycles. The van der Waals surface area contributed by atoms with Crippen molar-refractivity contribution in [2.75, 3.05) is 19.0 Å². The first-order valence-corrected chi connectivity index (χ1v) is 7.77. The number of benzene rings is 2. The van der Waals surface area contributed by atoms with E-state index in [1.807, 2.05) is 6.92 Å². The van der Waals surface area contributed by atoms with Gasteiger partial charge in [-0.05, 0) is 36.8 Å². The Labute approximate surface area is 145 Å². The first-order valence-electron chi connectivity index (χ1n) is 7.02. The monoisotopic (exact) mass is 353 g/mol. The van der Waals surface area contributed by atoms with Crippen LogP contribution in [0, 0.1) is 6.92 Å². The van der Waals surface area contributed by atoms with Crippen LogP contribution in [0.1, 0.15) is 12.0 Å². The number of carbonyl (C=O) groups is 1. The van der Waals surface area contributed by atoms with Gasteiger partial charge in [-0.3, -0.25) is 4.79 Å². The van der Waals surface area contributed by atoms with Crippen molar-refractivity contribution in [1.82, 2.24) is 0 Å². The highest BCUT2D eigenvalue weighted by Crippen LogP contribution is 2.31. The van der Waals surface area contributed by atoms with Gasteiger partial charge in [-0.2, -0.15) is 0 Å². The summed E-state index contributed by atoms with van der Waals surface area (Å²) >= 11 is 11.9. The van der Waals surface area contributed by atoms with E-state index < -0.39 is 0 Å². The van der Waals surface area contributed by atoms with Gasteiger partial charge in [0.15, 0.2) is 0 Å². The number of methoxy groups -OCH3 is 1. The lowest BCUT2D eigenvalue weighted by atomic mass is 10.2. The maximum Gasteiger partial charge on any atom is 0.227 e. The second kappa shape index (κ2) is 8.09. The molecule has 4 nitrogen and oxygen atoms in total. The first-order chi connectivity index (χ1) is 11.0. The molecule has 0 saturated heterocycles. The van der Waals surface area contributed by atoms with E-state index >= 15 is 0 Å². The molecule has 0 aliphatic rings. The van der Waals surface area contributed by atoms with Crippen molar-refractivity contribution >= 4 is 34.8 Å². The van der Waals surface area contributed by atoms with Crippen LogP contribution >= 0.6 is 23.2 Å². The molecule has 0 aliphatic carbocycles. The van der Waals surface area contributed by atoms with Crippen LogP contribution in [0.3, 0.4) is 0 Å². The van der Waals surface area contributed by atoms with Gasteiger partial charge in [-0.1, -0.05) is 29.3 Å². The molecule has 1 N–H and O–H groups in total. The number of nitrogens with one attached hydrogen (secondary N) is 1. The average Bonchev–Trinajstić information content (AvgIpc) is 2.50. The summed E-state index contributed by atoms with van der Waals surface area (Å²) in [7, 11) is 1.53. The number of rotatable bonds is 6. The third-order valence-electron chi connectivity index (χ3n) is 3.15. The molecular weight excluding hydrogens is 337 g/mol. The Morgan fingerprint density at radius 1 is 1.22 bits per heavy atom. The predicted octanol–water partition coefficient (Wildman–Crippen LogP) is 4.72. The zero-order chi connectivity index (χ0) is 16.8. The minimum atomic E-state index is -0.174. The number of amides is 1. The molecule has 2 rings (SSSR count). The van der Waals surface area contributed by atoms with Crippen LogP contribution in [0.25, 0.3) is 0 Å². The van der Waals surface area contributed by atoms with Crippen LogP contribution < -0.4 is 14.8 Å². The number of aryl methyl sites for hydroxylation is 1. The lowest BCUT2D eigenvalue weighted by Crippen LogP contribution is -2.16. The van der Waals surface area contributed by atoms with Gasteiger partial charge in [-0.25, -0.2) is 0 Å². The van der Waals surface area contributed by atoms with Crippen molar-refractivity contribution in [2.45, 2.75) is 13.3 Å². The summed E-state index contributed by atoms with van der Waals surface area (Å²) in [5, 5.41) is 3.98. The minimum absolute atomic E-state index is 0.174. The molecule has 6 heteroatoms. The summed E-state index contributed by atoms with van der Waals surface area (Å²) in [5.74, 6) is 0.974. The number of carbonyl (C=O) groups excluding carboxylic acids is 1. The summed E-state index contributed by atoms with van der Waals surface area (Å²) in [6.07, 6.45) is 0.206. The highest BCUT2D eigenvalue weighted by atomic mass is 35.5. The fraction of sp³-hybridized carbons (Fsp3) is 0.235. The zero-order valence-electron chi connectivity index (χ0n) is 12.9. The molecule has 1 amide bonds. The van der Waals surface area contributed by atoms with Gasteiger partial charge in [0.25, 0.3) is 0 Å². The Morgan fingerprint density at radius 3 is 2.70 bits per heavy atom. The highest BCUT2D eigenvalue weighted by molar-refractivity contribution is 6.31. The van der Waals surface area contributed by atoms with E-state index in [1.54, 1.807) is 36.4 Å². The quantitative estimate of drug-likeness (QED) is 0.817. The van der Waals surface area contributed by atoms with Crippen LogP contribution in [-0.4, -0.2) is 19.6 Å². The Hall–Kier alpha value is -1.91. The smallest absolute Gasteiger partial charge is 0.227 e. The summed E-state index contributed by atoms with van der Waals surface area (Å²) < 4.78 is 10.7. The summed E-state index contributed by atoms with van der Waals surface area (Å²) in [4.78, 5) is 12.0. The Morgan fingerprint density at radius 2 is 2.00 bits per heavy atom. The van der Waals surface area contributed by atoms with Crippen molar-refractivity contribution in [2.24, 2.45) is 0 Å². The molecule has 0 aliphatic heterocycles. The fourth-order valence-corrected chi connectivity index (χ4v) is 2.29. The molecule has 122 valence electrons. The number of hydrogen-bond donors (Lipinski definition) is 1. The van der Waals surface area contributed by atoms with E-state index in [4.69, 9.17) is 32.7 Å². The number of halogens is 2. The van der Waals surface area contributed by atoms with Crippen molar-refractivity contribution in [3.63, 3.8) is 0 Å². The zero-order valence-corrected chi connectivity index (χ0v) is 14.4. The molecule has 23 heavy (non-hydrogen) atoms. The van der Waals surface area contributed by atoms with E-state index in [-0.39, 0.29) is 18.9 Å². The second-order valence-corrected chi connectivity index (χ2v) is 5.75. The SMILES string of the molecule is COc1cc(Cl)c(C)cc1NC(=O)CCOc1cccc(Cl)c1.